The van der Waals surface area contributed by atoms with Crippen LogP contribution in [0.25, 0.3) is 22.2 Å². The Hall–Kier alpha value is -3.00. The molecule has 0 amide bonds. The molecule has 3 aromatic carbocycles. The largest absolute Gasteiger partial charge is 0.342 e. The molecule has 0 fully saturated rings. The van der Waals surface area contributed by atoms with Gasteiger partial charge >= 0.3 is 0 Å². The summed E-state index contributed by atoms with van der Waals surface area (Å²) >= 11 is 0. The number of benzene rings is 3. The van der Waals surface area contributed by atoms with E-state index in [1.807, 2.05) is 0 Å². The molecule has 0 aliphatic heterocycles. The van der Waals surface area contributed by atoms with E-state index in [4.69, 9.17) is 0 Å². The average Bonchev–Trinajstić information content (AvgIpc) is 2.95. The summed E-state index contributed by atoms with van der Waals surface area (Å²) in [6.45, 7) is 0. The Balaban J connectivity index is 2.03. The molecule has 0 unspecified atom stereocenters. The molecule has 2 heteroatoms. The first-order valence-electron chi connectivity index (χ1n) is 8.19. The molecule has 0 radical (unpaired) electrons. The van der Waals surface area contributed by atoms with Gasteiger partial charge in [-0.1, -0.05) is 66.7 Å². The second kappa shape index (κ2) is 5.89. The average molecular weight is 312 g/mol. The molecule has 1 heterocycles. The maximum Gasteiger partial charge on any atom is 0.0750 e. The Kier molecular flexibility index (Phi) is 3.58. The zero-order valence-electron chi connectivity index (χ0n) is 14.0. The van der Waals surface area contributed by atoms with Gasteiger partial charge in [0.15, 0.2) is 0 Å². The summed E-state index contributed by atoms with van der Waals surface area (Å²) in [5.74, 6) is 0. The minimum Gasteiger partial charge on any atom is -0.342 e. The van der Waals surface area contributed by atoms with Crippen LogP contribution in [0, 0.1) is 0 Å². The van der Waals surface area contributed by atoms with Crippen LogP contribution in [0.3, 0.4) is 0 Å². The van der Waals surface area contributed by atoms with E-state index in [1.165, 1.54) is 33.5 Å². The van der Waals surface area contributed by atoms with Gasteiger partial charge in [-0.3, -0.25) is 0 Å². The van der Waals surface area contributed by atoms with E-state index in [-0.39, 0.29) is 0 Å². The number of aromatic nitrogens is 1. The molecule has 4 aromatic rings. The van der Waals surface area contributed by atoms with Gasteiger partial charge in [-0.05, 0) is 18.2 Å². The SMILES string of the molecule is CN(c1ccccc1)c1c(-c2ccccc2)n(C)c2ccccc12. The standard InChI is InChI=1S/C22H20N2/c1-23(18-13-7-4-8-14-18)22-19-15-9-10-16-20(19)24(2)21(22)17-11-5-3-6-12-17/h3-16H,1-2H3. The van der Waals surface area contributed by atoms with E-state index < -0.39 is 0 Å². The summed E-state index contributed by atoms with van der Waals surface area (Å²) in [5.41, 5.74) is 6.14. The molecule has 0 aliphatic carbocycles. The molecule has 0 saturated carbocycles. The van der Waals surface area contributed by atoms with Crippen LogP contribution in [0.2, 0.25) is 0 Å². The second-order valence-corrected chi connectivity index (χ2v) is 6.03. The third-order valence-corrected chi connectivity index (χ3v) is 4.61. The number of hydrogen-bond donors (Lipinski definition) is 0. The fourth-order valence-electron chi connectivity index (χ4n) is 3.42. The molecule has 0 atom stereocenters. The van der Waals surface area contributed by atoms with Crippen LogP contribution in [0.5, 0.6) is 0 Å². The molecule has 0 spiro atoms. The molecule has 1 aromatic heterocycles. The van der Waals surface area contributed by atoms with Crippen molar-refractivity contribution in [2.24, 2.45) is 7.05 Å². The summed E-state index contributed by atoms with van der Waals surface area (Å²) in [5, 5.41) is 1.27. The number of fused-ring (bicyclic) bond motifs is 1. The van der Waals surface area contributed by atoms with Crippen LogP contribution in [0.4, 0.5) is 11.4 Å². The van der Waals surface area contributed by atoms with Crippen LogP contribution in [-0.2, 0) is 7.05 Å². The summed E-state index contributed by atoms with van der Waals surface area (Å²) < 4.78 is 2.29. The highest BCUT2D eigenvalue weighted by atomic mass is 15.1. The van der Waals surface area contributed by atoms with Crippen LogP contribution < -0.4 is 4.90 Å². The van der Waals surface area contributed by atoms with E-state index in [2.05, 4.69) is 108 Å². The zero-order chi connectivity index (χ0) is 16.5. The number of aryl methyl sites for hydroxylation is 1. The van der Waals surface area contributed by atoms with Crippen molar-refractivity contribution >= 4 is 22.3 Å². The summed E-state index contributed by atoms with van der Waals surface area (Å²) in [4.78, 5) is 2.28. The Morgan fingerprint density at radius 1 is 0.708 bits per heavy atom. The molecule has 0 N–H and O–H groups in total. The maximum absolute atomic E-state index is 2.29. The van der Waals surface area contributed by atoms with Crippen LogP contribution in [0.15, 0.2) is 84.9 Å². The van der Waals surface area contributed by atoms with Crippen molar-refractivity contribution in [1.29, 1.82) is 0 Å². The Morgan fingerprint density at radius 3 is 2.00 bits per heavy atom. The highest BCUT2D eigenvalue weighted by molar-refractivity contribution is 6.04. The van der Waals surface area contributed by atoms with E-state index in [0.29, 0.717) is 0 Å². The summed E-state index contributed by atoms with van der Waals surface area (Å²) in [7, 11) is 4.29. The fourth-order valence-corrected chi connectivity index (χ4v) is 3.42. The van der Waals surface area contributed by atoms with Crippen molar-refractivity contribution < 1.29 is 0 Å². The lowest BCUT2D eigenvalue weighted by atomic mass is 10.1. The Labute approximate surface area is 142 Å². The van der Waals surface area contributed by atoms with E-state index >= 15 is 0 Å². The van der Waals surface area contributed by atoms with Crippen molar-refractivity contribution in [1.82, 2.24) is 4.57 Å². The van der Waals surface area contributed by atoms with E-state index in [9.17, 15) is 0 Å². The predicted molar refractivity (Wildman–Crippen MR) is 103 cm³/mol. The molecule has 0 saturated heterocycles. The first kappa shape index (κ1) is 14.6. The Morgan fingerprint density at radius 2 is 1.29 bits per heavy atom. The normalized spacial score (nSPS) is 10.9. The molecule has 0 bridgehead atoms. The summed E-state index contributed by atoms with van der Waals surface area (Å²) in [6, 6.07) is 29.7. The fraction of sp³-hybridized carbons (Fsp3) is 0.0909. The maximum atomic E-state index is 2.29. The molecule has 24 heavy (non-hydrogen) atoms. The predicted octanol–water partition coefficient (Wildman–Crippen LogP) is 5.61. The zero-order valence-corrected chi connectivity index (χ0v) is 14.0. The lowest BCUT2D eigenvalue weighted by molar-refractivity contribution is 0.975. The van der Waals surface area contributed by atoms with Gasteiger partial charge in [0, 0.05) is 30.7 Å². The number of hydrogen-bond acceptors (Lipinski definition) is 1. The monoisotopic (exact) mass is 312 g/mol. The van der Waals surface area contributed by atoms with E-state index in [1.54, 1.807) is 0 Å². The number of nitrogens with zero attached hydrogens (tertiary/aromatic N) is 2. The number of anilines is 2. The van der Waals surface area contributed by atoms with Gasteiger partial charge < -0.3 is 9.47 Å². The quantitative estimate of drug-likeness (QED) is 0.477. The second-order valence-electron chi connectivity index (χ2n) is 6.03. The highest BCUT2D eigenvalue weighted by Crippen LogP contribution is 2.41. The molecular weight excluding hydrogens is 292 g/mol. The molecule has 0 aliphatic rings. The lowest BCUT2D eigenvalue weighted by Gasteiger charge is -2.21. The number of rotatable bonds is 3. The third kappa shape index (κ3) is 2.28. The van der Waals surface area contributed by atoms with Crippen LogP contribution in [-0.4, -0.2) is 11.6 Å². The molecular formula is C22H20N2. The van der Waals surface area contributed by atoms with Gasteiger partial charge in [0.05, 0.1) is 16.9 Å². The van der Waals surface area contributed by atoms with Crippen molar-refractivity contribution in [3.8, 4) is 11.3 Å². The molecule has 118 valence electrons. The summed E-state index contributed by atoms with van der Waals surface area (Å²) in [6.07, 6.45) is 0. The van der Waals surface area contributed by atoms with Gasteiger partial charge in [-0.15, -0.1) is 0 Å². The smallest absolute Gasteiger partial charge is 0.0750 e. The van der Waals surface area contributed by atoms with Gasteiger partial charge in [0.25, 0.3) is 0 Å². The highest BCUT2D eigenvalue weighted by Gasteiger charge is 2.20. The van der Waals surface area contributed by atoms with Gasteiger partial charge in [0.1, 0.15) is 0 Å². The lowest BCUT2D eigenvalue weighted by Crippen LogP contribution is -2.10. The Bertz CT molecular complexity index is 969. The van der Waals surface area contributed by atoms with Crippen molar-refractivity contribution in [3.63, 3.8) is 0 Å². The van der Waals surface area contributed by atoms with Crippen LogP contribution in [0.1, 0.15) is 0 Å². The minimum atomic E-state index is 1.19. The van der Waals surface area contributed by atoms with Crippen molar-refractivity contribution in [2.75, 3.05) is 11.9 Å². The van der Waals surface area contributed by atoms with Crippen molar-refractivity contribution in [2.45, 2.75) is 0 Å². The van der Waals surface area contributed by atoms with E-state index in [0.717, 1.165) is 0 Å². The van der Waals surface area contributed by atoms with Gasteiger partial charge in [-0.2, -0.15) is 0 Å². The number of para-hydroxylation sites is 2. The first-order chi connectivity index (χ1) is 11.8. The third-order valence-electron chi connectivity index (χ3n) is 4.61. The first-order valence-corrected chi connectivity index (χ1v) is 8.19. The van der Waals surface area contributed by atoms with Crippen molar-refractivity contribution in [3.05, 3.63) is 84.9 Å². The topological polar surface area (TPSA) is 8.17 Å². The van der Waals surface area contributed by atoms with Gasteiger partial charge in [-0.25, -0.2) is 0 Å². The minimum absolute atomic E-state index is 1.19. The van der Waals surface area contributed by atoms with Gasteiger partial charge in [0.2, 0.25) is 0 Å². The molecule has 4 rings (SSSR count). The van der Waals surface area contributed by atoms with Crippen LogP contribution >= 0.6 is 0 Å². The molecule has 2 nitrogen and oxygen atoms in total.